The number of carboxylic acid groups (broad SMARTS) is 1. The van der Waals surface area contributed by atoms with E-state index >= 15 is 0 Å². The molecule has 186 valence electrons. The summed E-state index contributed by atoms with van der Waals surface area (Å²) in [5.74, 6) is -2.59. The van der Waals surface area contributed by atoms with Gasteiger partial charge in [0.2, 0.25) is 17.7 Å². The zero-order valence-electron chi connectivity index (χ0n) is 19.0. The number of rotatable bonds is 15. The smallest absolute Gasteiger partial charge is 0.326 e. The molecule has 0 fully saturated rings. The maximum absolute atomic E-state index is 13.0. The van der Waals surface area contributed by atoms with E-state index < -0.39 is 54.5 Å². The topological polar surface area (TPSA) is 200 Å². The summed E-state index contributed by atoms with van der Waals surface area (Å²) in [4.78, 5) is 56.3. The highest BCUT2D eigenvalue weighted by Crippen LogP contribution is 2.08. The molecule has 0 aliphatic carbocycles. The van der Waals surface area contributed by atoms with Crippen LogP contribution in [0.15, 0.2) is 12.5 Å². The molecule has 0 bridgehead atoms. The first-order valence-corrected chi connectivity index (χ1v) is 11.9. The first-order valence-electron chi connectivity index (χ1n) is 10.6. The summed E-state index contributed by atoms with van der Waals surface area (Å²) in [6.07, 6.45) is 5.28. The maximum atomic E-state index is 13.0. The number of aromatic nitrogens is 2. The average molecular weight is 487 g/mol. The highest BCUT2D eigenvalue weighted by molar-refractivity contribution is 7.98. The summed E-state index contributed by atoms with van der Waals surface area (Å²) in [5.41, 5.74) is 6.10. The number of thioether (sulfide) groups is 1. The van der Waals surface area contributed by atoms with Crippen LogP contribution in [0.5, 0.6) is 0 Å². The molecule has 1 heterocycles. The van der Waals surface area contributed by atoms with Crippen LogP contribution < -0.4 is 21.7 Å². The Morgan fingerprint density at radius 1 is 1.09 bits per heavy atom. The zero-order valence-corrected chi connectivity index (χ0v) is 19.9. The van der Waals surface area contributed by atoms with Gasteiger partial charge in [0, 0.05) is 18.3 Å². The molecule has 0 spiro atoms. The number of nitrogens with zero attached hydrogens (tertiary/aromatic N) is 1. The van der Waals surface area contributed by atoms with Crippen molar-refractivity contribution in [2.24, 2.45) is 11.7 Å². The van der Waals surface area contributed by atoms with Crippen molar-refractivity contribution in [1.82, 2.24) is 25.9 Å². The monoisotopic (exact) mass is 486 g/mol. The average Bonchev–Trinajstić information content (AvgIpc) is 3.27. The van der Waals surface area contributed by atoms with Crippen LogP contribution >= 0.6 is 11.8 Å². The lowest BCUT2D eigenvalue weighted by Crippen LogP contribution is -2.58. The molecule has 1 aromatic rings. The Morgan fingerprint density at radius 2 is 1.70 bits per heavy atom. The van der Waals surface area contributed by atoms with E-state index in [9.17, 15) is 24.3 Å². The van der Waals surface area contributed by atoms with Gasteiger partial charge in [-0.2, -0.15) is 11.8 Å². The molecule has 8 N–H and O–H groups in total. The Balaban J connectivity index is 3.00. The molecule has 0 aliphatic heterocycles. The Hall–Kier alpha value is -2.64. The molecule has 4 atom stereocenters. The molecular formula is C20H34N6O6S. The van der Waals surface area contributed by atoms with Crippen molar-refractivity contribution < 1.29 is 29.4 Å². The second kappa shape index (κ2) is 14.5. The minimum atomic E-state index is -1.22. The fourth-order valence-electron chi connectivity index (χ4n) is 2.93. The Bertz CT molecular complexity index is 775. The van der Waals surface area contributed by atoms with E-state index in [0.29, 0.717) is 11.4 Å². The summed E-state index contributed by atoms with van der Waals surface area (Å²) in [6, 6.07) is -4.42. The maximum Gasteiger partial charge on any atom is 0.326 e. The lowest BCUT2D eigenvalue weighted by Gasteiger charge is -2.25. The summed E-state index contributed by atoms with van der Waals surface area (Å²) in [7, 11) is 0. The number of aliphatic hydroxyl groups is 1. The molecule has 1 aromatic heterocycles. The van der Waals surface area contributed by atoms with Crippen molar-refractivity contribution in [2.45, 2.75) is 57.3 Å². The molecule has 12 nitrogen and oxygen atoms in total. The number of aliphatic hydroxyl groups excluding tert-OH is 1. The molecule has 4 unspecified atom stereocenters. The van der Waals surface area contributed by atoms with Gasteiger partial charge in [-0.1, -0.05) is 13.8 Å². The standard InChI is InChI=1S/C20H34N6O6S/c1-11(2)6-16(20(31)32)26-18(29)14(4-5-33-3)24-19(30)15(7-12-8-22-10-23-12)25-17(28)13(21)9-27/h8,10-11,13-16,27H,4-7,9,21H2,1-3H3,(H,22,23)(H,24,30)(H,25,28)(H,26,29)(H,31,32). The Kier molecular flexibility index (Phi) is 12.5. The third-order valence-corrected chi connectivity index (χ3v) is 5.35. The van der Waals surface area contributed by atoms with E-state index in [1.165, 1.54) is 24.3 Å². The predicted molar refractivity (Wildman–Crippen MR) is 123 cm³/mol. The lowest BCUT2D eigenvalue weighted by molar-refractivity contribution is -0.142. The second-order valence-corrected chi connectivity index (χ2v) is 8.99. The molecule has 0 aliphatic rings. The van der Waals surface area contributed by atoms with Crippen molar-refractivity contribution in [3.8, 4) is 0 Å². The molecule has 13 heteroatoms. The highest BCUT2D eigenvalue weighted by atomic mass is 32.2. The van der Waals surface area contributed by atoms with Gasteiger partial charge in [0.25, 0.3) is 0 Å². The number of carbonyl (C=O) groups is 4. The summed E-state index contributed by atoms with van der Waals surface area (Å²) < 4.78 is 0. The van der Waals surface area contributed by atoms with Crippen LogP contribution in [0, 0.1) is 5.92 Å². The normalized spacial score (nSPS) is 14.7. The lowest BCUT2D eigenvalue weighted by atomic mass is 10.0. The molecule has 0 saturated heterocycles. The van der Waals surface area contributed by atoms with Crippen LogP contribution in [0.25, 0.3) is 0 Å². The van der Waals surface area contributed by atoms with Crippen LogP contribution in [0.4, 0.5) is 0 Å². The number of aliphatic carboxylic acids is 1. The highest BCUT2D eigenvalue weighted by Gasteiger charge is 2.30. The summed E-state index contributed by atoms with van der Waals surface area (Å²) in [6.45, 7) is 3.08. The number of imidazole rings is 1. The minimum Gasteiger partial charge on any atom is -0.480 e. The van der Waals surface area contributed by atoms with Gasteiger partial charge < -0.3 is 36.9 Å². The number of nitrogens with two attached hydrogens (primary N) is 1. The van der Waals surface area contributed by atoms with Crippen LogP contribution in [0.2, 0.25) is 0 Å². The van der Waals surface area contributed by atoms with Crippen molar-refractivity contribution in [2.75, 3.05) is 18.6 Å². The number of hydrogen-bond acceptors (Lipinski definition) is 8. The van der Waals surface area contributed by atoms with Crippen LogP contribution in [0.3, 0.4) is 0 Å². The van der Waals surface area contributed by atoms with E-state index in [-0.39, 0.29) is 25.2 Å². The number of aromatic amines is 1. The van der Waals surface area contributed by atoms with Gasteiger partial charge in [-0.25, -0.2) is 9.78 Å². The zero-order chi connectivity index (χ0) is 25.0. The molecule has 33 heavy (non-hydrogen) atoms. The number of H-pyrrole nitrogens is 1. The van der Waals surface area contributed by atoms with E-state index in [1.807, 2.05) is 20.1 Å². The van der Waals surface area contributed by atoms with Gasteiger partial charge in [-0.3, -0.25) is 14.4 Å². The number of nitrogens with one attached hydrogen (secondary N) is 4. The largest absolute Gasteiger partial charge is 0.480 e. The fraction of sp³-hybridized carbons (Fsp3) is 0.650. The van der Waals surface area contributed by atoms with Crippen LogP contribution in [-0.4, -0.2) is 86.7 Å². The van der Waals surface area contributed by atoms with Crippen LogP contribution in [0.1, 0.15) is 32.4 Å². The molecular weight excluding hydrogens is 452 g/mol. The van der Waals surface area contributed by atoms with Crippen molar-refractivity contribution in [3.63, 3.8) is 0 Å². The van der Waals surface area contributed by atoms with E-state index in [4.69, 9.17) is 10.8 Å². The van der Waals surface area contributed by atoms with Gasteiger partial charge in [0.15, 0.2) is 0 Å². The Morgan fingerprint density at radius 3 is 2.21 bits per heavy atom. The van der Waals surface area contributed by atoms with Gasteiger partial charge in [-0.15, -0.1) is 0 Å². The van der Waals surface area contributed by atoms with Crippen molar-refractivity contribution in [3.05, 3.63) is 18.2 Å². The summed E-state index contributed by atoms with van der Waals surface area (Å²) in [5, 5.41) is 26.1. The van der Waals surface area contributed by atoms with E-state index in [0.717, 1.165) is 0 Å². The summed E-state index contributed by atoms with van der Waals surface area (Å²) >= 11 is 1.47. The predicted octanol–water partition coefficient (Wildman–Crippen LogP) is -1.39. The second-order valence-electron chi connectivity index (χ2n) is 8.00. The first-order chi connectivity index (χ1) is 15.6. The van der Waals surface area contributed by atoms with Gasteiger partial charge >= 0.3 is 5.97 Å². The van der Waals surface area contributed by atoms with Gasteiger partial charge in [0.1, 0.15) is 24.2 Å². The SMILES string of the molecule is CSCCC(NC(=O)C(Cc1cnc[nH]1)NC(=O)C(N)CO)C(=O)NC(CC(C)C)C(=O)O. The van der Waals surface area contributed by atoms with Crippen molar-refractivity contribution in [1.29, 1.82) is 0 Å². The molecule has 0 aromatic carbocycles. The first kappa shape index (κ1) is 28.4. The quantitative estimate of drug-likeness (QED) is 0.156. The van der Waals surface area contributed by atoms with E-state index in [2.05, 4.69) is 25.9 Å². The van der Waals surface area contributed by atoms with Gasteiger partial charge in [0.05, 0.1) is 12.9 Å². The molecule has 0 saturated carbocycles. The Labute approximate surface area is 196 Å². The van der Waals surface area contributed by atoms with Crippen LogP contribution in [-0.2, 0) is 25.6 Å². The minimum absolute atomic E-state index is 0.0374. The molecule has 0 radical (unpaired) electrons. The number of hydrogen-bond donors (Lipinski definition) is 7. The molecule has 1 rings (SSSR count). The third kappa shape index (κ3) is 10.2. The third-order valence-electron chi connectivity index (χ3n) is 4.71. The van der Waals surface area contributed by atoms with E-state index in [1.54, 1.807) is 0 Å². The fourth-order valence-corrected chi connectivity index (χ4v) is 3.40. The number of carbonyl (C=O) groups excluding carboxylic acids is 3. The number of carboxylic acids is 1. The molecule has 3 amide bonds. The number of amides is 3. The van der Waals surface area contributed by atoms with Gasteiger partial charge in [-0.05, 0) is 30.8 Å². The van der Waals surface area contributed by atoms with Crippen molar-refractivity contribution >= 4 is 35.5 Å².